The average Bonchev–Trinajstić information content (AvgIpc) is 2.64. The summed E-state index contributed by atoms with van der Waals surface area (Å²) in [5.41, 5.74) is 7.58. The van der Waals surface area contributed by atoms with E-state index >= 15 is 0 Å². The van der Waals surface area contributed by atoms with Crippen molar-refractivity contribution in [3.8, 4) is 0 Å². The molecule has 0 aromatic heterocycles. The van der Waals surface area contributed by atoms with Crippen molar-refractivity contribution in [1.82, 2.24) is 4.90 Å². The van der Waals surface area contributed by atoms with Crippen LogP contribution in [0.1, 0.15) is 22.3 Å². The molecule has 0 saturated carbocycles. The number of amides is 1. The van der Waals surface area contributed by atoms with Gasteiger partial charge in [0, 0.05) is 29.2 Å². The van der Waals surface area contributed by atoms with Gasteiger partial charge in [-0.1, -0.05) is 15.9 Å². The molecular formula is C12H15BrN2O. The van der Waals surface area contributed by atoms with E-state index in [2.05, 4.69) is 15.9 Å². The van der Waals surface area contributed by atoms with Gasteiger partial charge in [-0.2, -0.15) is 0 Å². The molecule has 16 heavy (non-hydrogen) atoms. The molecule has 1 amide bonds. The van der Waals surface area contributed by atoms with Crippen LogP contribution in [-0.2, 0) is 0 Å². The molecule has 1 aromatic carbocycles. The maximum absolute atomic E-state index is 12.2. The molecule has 0 radical (unpaired) electrons. The first kappa shape index (κ1) is 11.6. The van der Waals surface area contributed by atoms with Crippen LogP contribution in [0.5, 0.6) is 0 Å². The minimum absolute atomic E-state index is 0.0953. The molecule has 0 bridgehead atoms. The van der Waals surface area contributed by atoms with E-state index in [-0.39, 0.29) is 11.9 Å². The summed E-state index contributed by atoms with van der Waals surface area (Å²) in [6.45, 7) is 3.40. The highest BCUT2D eigenvalue weighted by atomic mass is 79.9. The zero-order chi connectivity index (χ0) is 11.7. The van der Waals surface area contributed by atoms with Crippen LogP contribution in [0, 0.1) is 6.92 Å². The van der Waals surface area contributed by atoms with Crippen LogP contribution in [0.4, 0.5) is 0 Å². The molecule has 1 aromatic rings. The Balaban J connectivity index is 2.21. The summed E-state index contributed by atoms with van der Waals surface area (Å²) in [4.78, 5) is 14.0. The van der Waals surface area contributed by atoms with Gasteiger partial charge in [-0.3, -0.25) is 4.79 Å². The predicted octanol–water partition coefficient (Wildman–Crippen LogP) is 1.93. The number of halogens is 1. The van der Waals surface area contributed by atoms with Gasteiger partial charge in [0.25, 0.3) is 5.91 Å². The number of hydrogen-bond acceptors (Lipinski definition) is 2. The van der Waals surface area contributed by atoms with Gasteiger partial charge < -0.3 is 10.6 Å². The van der Waals surface area contributed by atoms with Crippen LogP contribution >= 0.6 is 15.9 Å². The Morgan fingerprint density at radius 2 is 2.31 bits per heavy atom. The third-order valence-corrected chi connectivity index (χ3v) is 3.42. The average molecular weight is 283 g/mol. The van der Waals surface area contributed by atoms with Gasteiger partial charge in [-0.25, -0.2) is 0 Å². The van der Waals surface area contributed by atoms with Crippen molar-refractivity contribution in [2.24, 2.45) is 5.73 Å². The molecule has 2 N–H and O–H groups in total. The molecule has 1 saturated heterocycles. The van der Waals surface area contributed by atoms with Gasteiger partial charge in [-0.15, -0.1) is 0 Å². The summed E-state index contributed by atoms with van der Waals surface area (Å²) in [5.74, 6) is 0.0953. The first-order valence-electron chi connectivity index (χ1n) is 5.39. The van der Waals surface area contributed by atoms with Crippen molar-refractivity contribution in [3.05, 3.63) is 33.8 Å². The van der Waals surface area contributed by atoms with E-state index in [1.807, 2.05) is 30.0 Å². The molecule has 1 aliphatic rings. The van der Waals surface area contributed by atoms with E-state index in [1.165, 1.54) is 0 Å². The lowest BCUT2D eigenvalue weighted by Gasteiger charge is -2.17. The van der Waals surface area contributed by atoms with E-state index in [0.717, 1.165) is 28.6 Å². The third-order valence-electron chi connectivity index (χ3n) is 2.93. The van der Waals surface area contributed by atoms with Gasteiger partial charge in [-0.05, 0) is 37.1 Å². The van der Waals surface area contributed by atoms with Gasteiger partial charge in [0.1, 0.15) is 0 Å². The zero-order valence-corrected chi connectivity index (χ0v) is 10.8. The molecule has 1 heterocycles. The minimum Gasteiger partial charge on any atom is -0.337 e. The van der Waals surface area contributed by atoms with Gasteiger partial charge in [0.05, 0.1) is 0 Å². The summed E-state index contributed by atoms with van der Waals surface area (Å²) in [6.07, 6.45) is 0.904. The highest BCUT2D eigenvalue weighted by Crippen LogP contribution is 2.19. The lowest BCUT2D eigenvalue weighted by Crippen LogP contribution is -2.32. The highest BCUT2D eigenvalue weighted by molar-refractivity contribution is 9.10. The summed E-state index contributed by atoms with van der Waals surface area (Å²) >= 11 is 3.39. The van der Waals surface area contributed by atoms with Crippen LogP contribution in [-0.4, -0.2) is 29.9 Å². The number of nitrogens with two attached hydrogens (primary N) is 1. The van der Waals surface area contributed by atoms with Crippen molar-refractivity contribution in [2.45, 2.75) is 19.4 Å². The number of carbonyl (C=O) groups excluding carboxylic acids is 1. The topological polar surface area (TPSA) is 46.3 Å². The largest absolute Gasteiger partial charge is 0.337 e. The summed E-state index contributed by atoms with van der Waals surface area (Å²) in [6, 6.07) is 5.87. The number of aryl methyl sites for hydroxylation is 1. The van der Waals surface area contributed by atoms with E-state index < -0.39 is 0 Å². The number of rotatable bonds is 1. The summed E-state index contributed by atoms with van der Waals surface area (Å²) in [5, 5.41) is 0. The van der Waals surface area contributed by atoms with Gasteiger partial charge >= 0.3 is 0 Å². The molecule has 0 aliphatic carbocycles. The Bertz CT molecular complexity index is 419. The Morgan fingerprint density at radius 3 is 2.88 bits per heavy atom. The highest BCUT2D eigenvalue weighted by Gasteiger charge is 2.25. The van der Waals surface area contributed by atoms with Crippen molar-refractivity contribution in [1.29, 1.82) is 0 Å². The van der Waals surface area contributed by atoms with E-state index in [9.17, 15) is 4.79 Å². The molecule has 1 fully saturated rings. The molecule has 86 valence electrons. The lowest BCUT2D eigenvalue weighted by molar-refractivity contribution is 0.0790. The van der Waals surface area contributed by atoms with Crippen molar-refractivity contribution < 1.29 is 4.79 Å². The van der Waals surface area contributed by atoms with Gasteiger partial charge in [0.2, 0.25) is 0 Å². The third kappa shape index (κ3) is 2.28. The SMILES string of the molecule is Cc1cc(Br)ccc1C(=O)N1CC[C@H](N)C1. The quantitative estimate of drug-likeness (QED) is 0.856. The number of hydrogen-bond donors (Lipinski definition) is 1. The van der Waals surface area contributed by atoms with Crippen molar-refractivity contribution in [3.63, 3.8) is 0 Å². The van der Waals surface area contributed by atoms with Crippen molar-refractivity contribution >= 4 is 21.8 Å². The predicted molar refractivity (Wildman–Crippen MR) is 67.4 cm³/mol. The molecule has 1 atom stereocenters. The van der Waals surface area contributed by atoms with Crippen LogP contribution in [0.3, 0.4) is 0 Å². The fraction of sp³-hybridized carbons (Fsp3) is 0.417. The molecule has 1 aliphatic heterocycles. The summed E-state index contributed by atoms with van der Waals surface area (Å²) < 4.78 is 1.000. The van der Waals surface area contributed by atoms with Crippen LogP contribution in [0.25, 0.3) is 0 Å². The Morgan fingerprint density at radius 1 is 1.56 bits per heavy atom. The maximum Gasteiger partial charge on any atom is 0.254 e. The number of benzene rings is 1. The normalized spacial score (nSPS) is 20.2. The standard InChI is InChI=1S/C12H15BrN2O/c1-8-6-9(13)2-3-11(8)12(16)15-5-4-10(14)7-15/h2-3,6,10H,4-5,7,14H2,1H3/t10-/m0/s1. The summed E-state index contributed by atoms with van der Waals surface area (Å²) in [7, 11) is 0. The van der Waals surface area contributed by atoms with Crippen LogP contribution < -0.4 is 5.73 Å². The lowest BCUT2D eigenvalue weighted by atomic mass is 10.1. The van der Waals surface area contributed by atoms with E-state index in [4.69, 9.17) is 5.73 Å². The minimum atomic E-state index is 0.0953. The fourth-order valence-corrected chi connectivity index (χ4v) is 2.48. The molecular weight excluding hydrogens is 268 g/mol. The Labute approximate surface area is 104 Å². The molecule has 3 nitrogen and oxygen atoms in total. The monoisotopic (exact) mass is 282 g/mol. The first-order chi connectivity index (χ1) is 7.58. The second-order valence-corrected chi connectivity index (χ2v) is 5.17. The smallest absolute Gasteiger partial charge is 0.254 e. The van der Waals surface area contributed by atoms with Gasteiger partial charge in [0.15, 0.2) is 0 Å². The Kier molecular flexibility index (Phi) is 3.30. The van der Waals surface area contributed by atoms with Crippen LogP contribution in [0.2, 0.25) is 0 Å². The first-order valence-corrected chi connectivity index (χ1v) is 6.18. The van der Waals surface area contributed by atoms with Crippen LogP contribution in [0.15, 0.2) is 22.7 Å². The number of likely N-dealkylation sites (tertiary alicyclic amines) is 1. The van der Waals surface area contributed by atoms with Crippen molar-refractivity contribution in [2.75, 3.05) is 13.1 Å². The fourth-order valence-electron chi connectivity index (χ4n) is 2.01. The molecule has 0 spiro atoms. The van der Waals surface area contributed by atoms with E-state index in [0.29, 0.717) is 6.54 Å². The maximum atomic E-state index is 12.2. The molecule has 2 rings (SSSR count). The number of carbonyl (C=O) groups is 1. The molecule has 4 heteroatoms. The Hall–Kier alpha value is -0.870. The molecule has 0 unspecified atom stereocenters. The second-order valence-electron chi connectivity index (χ2n) is 4.26. The number of nitrogens with zero attached hydrogens (tertiary/aromatic N) is 1. The van der Waals surface area contributed by atoms with E-state index in [1.54, 1.807) is 0 Å². The second kappa shape index (κ2) is 4.55. The zero-order valence-electron chi connectivity index (χ0n) is 9.24.